The van der Waals surface area contributed by atoms with Gasteiger partial charge in [-0.25, -0.2) is 0 Å². The third kappa shape index (κ3) is 7.83. The van der Waals surface area contributed by atoms with Gasteiger partial charge in [0.2, 0.25) is 11.8 Å². The van der Waals surface area contributed by atoms with E-state index in [2.05, 4.69) is 34.5 Å². The van der Waals surface area contributed by atoms with Crippen LogP contribution in [0.5, 0.6) is 0 Å². The van der Waals surface area contributed by atoms with Crippen LogP contribution in [0.4, 0.5) is 0 Å². The van der Waals surface area contributed by atoms with E-state index in [9.17, 15) is 14.4 Å². The number of nitrogens with one attached hydrogen (secondary N) is 1. The molecule has 2 atom stereocenters. The molecule has 2 aliphatic heterocycles. The van der Waals surface area contributed by atoms with Gasteiger partial charge in [0.1, 0.15) is 18.2 Å². The first-order valence-corrected chi connectivity index (χ1v) is 14.3. The fourth-order valence-electron chi connectivity index (χ4n) is 5.71. The average molecular weight is 571 g/mol. The van der Waals surface area contributed by atoms with Gasteiger partial charge in [-0.15, -0.1) is 12.4 Å². The summed E-state index contributed by atoms with van der Waals surface area (Å²) in [5.41, 5.74) is 7.85. The summed E-state index contributed by atoms with van der Waals surface area (Å²) in [6.45, 7) is 5.28. The van der Waals surface area contributed by atoms with Gasteiger partial charge in [0.25, 0.3) is 0 Å². The van der Waals surface area contributed by atoms with Gasteiger partial charge >= 0.3 is 5.97 Å². The van der Waals surface area contributed by atoms with E-state index in [-0.39, 0.29) is 43.2 Å². The van der Waals surface area contributed by atoms with Crippen molar-refractivity contribution in [1.82, 2.24) is 15.1 Å². The molecule has 0 saturated carbocycles. The second-order valence-electron chi connectivity index (χ2n) is 10.8. The Hall–Kier alpha value is -2.94. The van der Waals surface area contributed by atoms with E-state index in [1.165, 1.54) is 5.56 Å². The number of esters is 1. The number of halogens is 1. The topological polar surface area (TPSA) is 105 Å². The van der Waals surface area contributed by atoms with Crippen molar-refractivity contribution >= 4 is 30.2 Å². The number of hydrogen-bond acceptors (Lipinski definition) is 6. The van der Waals surface area contributed by atoms with Crippen LogP contribution >= 0.6 is 12.4 Å². The van der Waals surface area contributed by atoms with E-state index in [1.807, 2.05) is 43.3 Å². The Kier molecular flexibility index (Phi) is 12.0. The minimum absolute atomic E-state index is 0. The molecular weight excluding hydrogens is 528 g/mol. The average Bonchev–Trinajstić information content (AvgIpc) is 2.97. The van der Waals surface area contributed by atoms with Crippen LogP contribution in [0.15, 0.2) is 60.7 Å². The van der Waals surface area contributed by atoms with Gasteiger partial charge in [-0.2, -0.15) is 0 Å². The largest absolute Gasteiger partial charge is 0.461 e. The lowest BCUT2D eigenvalue weighted by molar-refractivity contribution is -0.162. The van der Waals surface area contributed by atoms with Crippen LogP contribution in [-0.2, 0) is 32.1 Å². The second-order valence-corrected chi connectivity index (χ2v) is 10.8. The Morgan fingerprint density at radius 1 is 1.02 bits per heavy atom. The highest BCUT2D eigenvalue weighted by Crippen LogP contribution is 2.34. The molecule has 2 fully saturated rings. The zero-order chi connectivity index (χ0) is 27.7. The van der Waals surface area contributed by atoms with E-state index in [4.69, 9.17) is 10.5 Å². The Bertz CT molecular complexity index is 1090. The molecule has 2 amide bonds. The van der Waals surface area contributed by atoms with Crippen LogP contribution in [0, 0.1) is 0 Å². The normalized spacial score (nSPS) is 19.6. The summed E-state index contributed by atoms with van der Waals surface area (Å²) in [6.07, 6.45) is 4.13. The number of hydrogen-bond donors (Lipinski definition) is 2. The number of benzene rings is 2. The fourth-order valence-corrected chi connectivity index (χ4v) is 5.71. The van der Waals surface area contributed by atoms with E-state index >= 15 is 0 Å². The summed E-state index contributed by atoms with van der Waals surface area (Å²) >= 11 is 0. The van der Waals surface area contributed by atoms with Crippen LogP contribution in [-0.4, -0.2) is 71.4 Å². The van der Waals surface area contributed by atoms with Gasteiger partial charge in [0.15, 0.2) is 0 Å². The van der Waals surface area contributed by atoms with Crippen molar-refractivity contribution in [2.75, 3.05) is 26.2 Å². The molecule has 9 heteroatoms. The van der Waals surface area contributed by atoms with Crippen molar-refractivity contribution in [3.63, 3.8) is 0 Å². The number of ether oxygens (including phenoxy) is 1. The van der Waals surface area contributed by atoms with Crippen molar-refractivity contribution in [2.24, 2.45) is 5.73 Å². The zero-order valence-electron chi connectivity index (χ0n) is 23.4. The number of nitrogens with two attached hydrogens (primary N) is 1. The number of nitrogens with zero attached hydrogens (tertiary/aromatic N) is 2. The molecule has 3 N–H and O–H groups in total. The molecule has 2 aliphatic rings. The van der Waals surface area contributed by atoms with E-state index in [0.29, 0.717) is 32.2 Å². The number of piperazine rings is 1. The lowest BCUT2D eigenvalue weighted by atomic mass is 9.80. The van der Waals surface area contributed by atoms with Crippen molar-refractivity contribution in [3.05, 3.63) is 71.8 Å². The molecular formula is C31H43ClN4O4. The maximum atomic E-state index is 13.7. The first kappa shape index (κ1) is 31.6. The fraction of sp³-hybridized carbons (Fsp3) is 0.516. The molecule has 2 heterocycles. The molecule has 2 aromatic carbocycles. The molecule has 0 aliphatic carbocycles. The monoisotopic (exact) mass is 570 g/mol. The number of rotatable bonds is 12. The zero-order valence-corrected chi connectivity index (χ0v) is 24.2. The lowest BCUT2D eigenvalue weighted by Gasteiger charge is -2.52. The maximum Gasteiger partial charge on any atom is 0.306 e. The van der Waals surface area contributed by atoms with E-state index in [0.717, 1.165) is 38.0 Å². The summed E-state index contributed by atoms with van der Waals surface area (Å²) < 4.78 is 5.34. The standard InChI is InChI=1S/C31H42N4O4.ClH/c1-2-19-35-29(37)28(26(32)14-9-15-27(36)39-23-25-12-7-4-8-13-25)33-30(38)31(35)17-21-34(22-18-31)20-16-24-10-5-3-6-11-24;/h3-8,10-13,26,28H,2,9,14-23,32H2,1H3,(H,33,38);1H/t26?,28-;/m1./s1. The van der Waals surface area contributed by atoms with Gasteiger partial charge in [-0.3, -0.25) is 14.4 Å². The van der Waals surface area contributed by atoms with Crippen LogP contribution in [0.3, 0.4) is 0 Å². The van der Waals surface area contributed by atoms with Gasteiger partial charge in [-0.1, -0.05) is 67.6 Å². The smallest absolute Gasteiger partial charge is 0.306 e. The molecule has 1 unspecified atom stereocenters. The van der Waals surface area contributed by atoms with E-state index in [1.54, 1.807) is 4.90 Å². The van der Waals surface area contributed by atoms with Crippen LogP contribution in [0.25, 0.3) is 0 Å². The van der Waals surface area contributed by atoms with Gasteiger partial charge in [0.05, 0.1) is 0 Å². The van der Waals surface area contributed by atoms with Gasteiger partial charge < -0.3 is 25.6 Å². The summed E-state index contributed by atoms with van der Waals surface area (Å²) in [5.74, 6) is -0.495. The molecule has 40 heavy (non-hydrogen) atoms. The molecule has 2 saturated heterocycles. The Morgan fingerprint density at radius 3 is 2.27 bits per heavy atom. The number of amides is 2. The SMILES string of the molecule is CCCN1C(=O)[C@@H](C(N)CCCC(=O)OCc2ccccc2)NC(=O)C12CCN(CCc1ccccc1)CC2.Cl. The molecule has 0 aromatic heterocycles. The number of piperidine rings is 1. The molecule has 1 spiro atoms. The van der Waals surface area contributed by atoms with Crippen LogP contribution < -0.4 is 11.1 Å². The van der Waals surface area contributed by atoms with Crippen molar-refractivity contribution < 1.29 is 19.1 Å². The molecule has 0 radical (unpaired) electrons. The van der Waals surface area contributed by atoms with Gasteiger partial charge in [-0.05, 0) is 49.7 Å². The lowest BCUT2D eigenvalue weighted by Crippen LogP contribution is -2.75. The first-order valence-electron chi connectivity index (χ1n) is 14.3. The predicted molar refractivity (Wildman–Crippen MR) is 158 cm³/mol. The van der Waals surface area contributed by atoms with Crippen molar-refractivity contribution in [2.45, 2.75) is 76.1 Å². The highest BCUT2D eigenvalue weighted by molar-refractivity contribution is 6.00. The van der Waals surface area contributed by atoms with Crippen LogP contribution in [0.1, 0.15) is 56.6 Å². The number of carbonyl (C=O) groups excluding carboxylic acids is 3. The molecule has 8 nitrogen and oxygen atoms in total. The summed E-state index contributed by atoms with van der Waals surface area (Å²) in [7, 11) is 0. The second kappa shape index (κ2) is 15.2. The third-order valence-electron chi connectivity index (χ3n) is 8.04. The van der Waals surface area contributed by atoms with Gasteiger partial charge in [0, 0.05) is 38.6 Å². The third-order valence-corrected chi connectivity index (χ3v) is 8.04. The Labute approximate surface area is 244 Å². The first-order chi connectivity index (χ1) is 18.9. The Morgan fingerprint density at radius 2 is 1.65 bits per heavy atom. The summed E-state index contributed by atoms with van der Waals surface area (Å²) in [6, 6.07) is 18.6. The molecule has 0 bridgehead atoms. The predicted octanol–water partition coefficient (Wildman–Crippen LogP) is 3.46. The maximum absolute atomic E-state index is 13.7. The quantitative estimate of drug-likeness (QED) is 0.379. The van der Waals surface area contributed by atoms with Crippen LogP contribution in [0.2, 0.25) is 0 Å². The van der Waals surface area contributed by atoms with Crippen molar-refractivity contribution in [3.8, 4) is 0 Å². The van der Waals surface area contributed by atoms with E-state index < -0.39 is 17.6 Å². The number of carbonyl (C=O) groups is 3. The molecule has 2 aromatic rings. The molecule has 218 valence electrons. The minimum Gasteiger partial charge on any atom is -0.461 e. The highest BCUT2D eigenvalue weighted by atomic mass is 35.5. The number of likely N-dealkylation sites (tertiary alicyclic amines) is 1. The summed E-state index contributed by atoms with van der Waals surface area (Å²) in [4.78, 5) is 43.6. The minimum atomic E-state index is -0.812. The van der Waals surface area contributed by atoms with Crippen molar-refractivity contribution in [1.29, 1.82) is 0 Å². The Balaban J connectivity index is 0.00000441. The molecule has 4 rings (SSSR count). The highest BCUT2D eigenvalue weighted by Gasteiger charge is 2.54. The summed E-state index contributed by atoms with van der Waals surface area (Å²) in [5, 5.41) is 2.98.